The van der Waals surface area contributed by atoms with Crippen LogP contribution in [0.2, 0.25) is 5.02 Å². The average Bonchev–Trinajstić information content (AvgIpc) is 3.07. The molecule has 1 aliphatic heterocycles. The number of benzene rings is 1. The van der Waals surface area contributed by atoms with Crippen molar-refractivity contribution >= 4 is 11.6 Å². The maximum Gasteiger partial charge on any atom is 0.187 e. The van der Waals surface area contributed by atoms with Crippen LogP contribution in [0.25, 0.3) is 0 Å². The van der Waals surface area contributed by atoms with Gasteiger partial charge in [0, 0.05) is 23.8 Å². The van der Waals surface area contributed by atoms with Gasteiger partial charge in [-0.05, 0) is 43.9 Å². The van der Waals surface area contributed by atoms with E-state index in [9.17, 15) is 0 Å². The van der Waals surface area contributed by atoms with Crippen LogP contribution in [0.4, 0.5) is 0 Å². The van der Waals surface area contributed by atoms with Crippen molar-refractivity contribution in [2.75, 3.05) is 6.61 Å². The quantitative estimate of drug-likeness (QED) is 0.772. The Morgan fingerprint density at radius 2 is 2.08 bits per heavy atom. The summed E-state index contributed by atoms with van der Waals surface area (Å²) in [6, 6.07) is 7.99. The lowest BCUT2D eigenvalue weighted by atomic mass is 9.95. The van der Waals surface area contributed by atoms with Crippen molar-refractivity contribution in [1.82, 2.24) is 9.55 Å². The normalized spacial score (nSPS) is 27.3. The number of hydrogen-bond acceptors (Lipinski definition) is 3. The summed E-state index contributed by atoms with van der Waals surface area (Å²) in [6.07, 6.45) is 9.13. The number of halogens is 1. The fourth-order valence-electron chi connectivity index (χ4n) is 3.16. The van der Waals surface area contributed by atoms with Crippen LogP contribution in [0.5, 0.6) is 0 Å². The molecule has 0 radical (unpaired) electrons. The molecule has 3 rings (SSSR count). The van der Waals surface area contributed by atoms with Gasteiger partial charge in [-0.3, -0.25) is 0 Å². The Morgan fingerprint density at radius 1 is 1.29 bits per heavy atom. The van der Waals surface area contributed by atoms with Gasteiger partial charge in [0.05, 0.1) is 25.1 Å². The summed E-state index contributed by atoms with van der Waals surface area (Å²) in [7, 11) is 0. The van der Waals surface area contributed by atoms with Crippen LogP contribution in [0.1, 0.15) is 38.7 Å². The van der Waals surface area contributed by atoms with Crippen LogP contribution in [-0.4, -0.2) is 27.5 Å². The van der Waals surface area contributed by atoms with Gasteiger partial charge in [0.25, 0.3) is 0 Å². The van der Waals surface area contributed by atoms with Crippen LogP contribution < -0.4 is 0 Å². The number of rotatable bonds is 6. The smallest absolute Gasteiger partial charge is 0.187 e. The first-order valence-corrected chi connectivity index (χ1v) is 8.95. The molecule has 2 atom stereocenters. The van der Waals surface area contributed by atoms with Crippen molar-refractivity contribution in [1.29, 1.82) is 0 Å². The van der Waals surface area contributed by atoms with E-state index < -0.39 is 5.79 Å². The van der Waals surface area contributed by atoms with E-state index in [1.807, 2.05) is 29.2 Å². The van der Waals surface area contributed by atoms with Crippen LogP contribution >= 0.6 is 11.6 Å². The summed E-state index contributed by atoms with van der Waals surface area (Å²) in [5.74, 6) is -0.622. The zero-order valence-electron chi connectivity index (χ0n) is 14.4. The van der Waals surface area contributed by atoms with E-state index in [2.05, 4.69) is 31.0 Å². The molecule has 1 fully saturated rings. The number of hydrogen-bond donors (Lipinski definition) is 0. The topological polar surface area (TPSA) is 36.3 Å². The molecule has 1 saturated heterocycles. The molecule has 1 aliphatic rings. The monoisotopic (exact) mass is 348 g/mol. The van der Waals surface area contributed by atoms with E-state index in [1.165, 1.54) is 5.56 Å². The minimum atomic E-state index is -0.622. The number of aryl methyl sites for hydroxylation is 1. The number of nitrogens with zero attached hydrogens (tertiary/aromatic N) is 2. The van der Waals surface area contributed by atoms with Crippen molar-refractivity contribution in [3.8, 4) is 0 Å². The van der Waals surface area contributed by atoms with Gasteiger partial charge in [0.15, 0.2) is 5.79 Å². The van der Waals surface area contributed by atoms with Gasteiger partial charge in [-0.25, -0.2) is 4.98 Å². The van der Waals surface area contributed by atoms with Gasteiger partial charge in [-0.15, -0.1) is 0 Å². The molecular formula is C19H25ClN2O2. The third-order valence-corrected chi connectivity index (χ3v) is 5.12. The summed E-state index contributed by atoms with van der Waals surface area (Å²) in [5, 5.41) is 0.760. The molecule has 130 valence electrons. The maximum absolute atomic E-state index is 6.53. The summed E-state index contributed by atoms with van der Waals surface area (Å²) in [6.45, 7) is 5.72. The Morgan fingerprint density at radius 3 is 2.75 bits per heavy atom. The second-order valence-corrected chi connectivity index (χ2v) is 7.21. The lowest BCUT2D eigenvalue weighted by Crippen LogP contribution is -2.52. The van der Waals surface area contributed by atoms with E-state index in [0.717, 1.165) is 37.3 Å². The molecule has 5 heteroatoms. The van der Waals surface area contributed by atoms with Crippen molar-refractivity contribution in [2.45, 2.75) is 57.5 Å². The SMILES string of the molecule is CCC1(C)CCOC(CCc2ccc(Cl)cc2)(Cn2ccnc2)O1. The third-order valence-electron chi connectivity index (χ3n) is 4.87. The zero-order chi connectivity index (χ0) is 17.0. The standard InChI is InChI=1S/C19H25ClN2O2/c1-3-18(2)10-13-23-19(24-18,14-22-12-11-21-15-22)9-8-16-4-6-17(20)7-5-16/h4-7,11-12,15H,3,8-10,13-14H2,1-2H3. The molecule has 1 aromatic carbocycles. The fraction of sp³-hybridized carbons (Fsp3) is 0.526. The van der Waals surface area contributed by atoms with Gasteiger partial charge in [-0.1, -0.05) is 30.7 Å². The first kappa shape index (κ1) is 17.5. The highest BCUT2D eigenvalue weighted by Gasteiger charge is 2.43. The Hall–Kier alpha value is -1.36. The molecule has 0 N–H and O–H groups in total. The number of aromatic nitrogens is 2. The Kier molecular flexibility index (Phi) is 5.28. The van der Waals surface area contributed by atoms with Gasteiger partial charge >= 0.3 is 0 Å². The minimum absolute atomic E-state index is 0.140. The molecule has 24 heavy (non-hydrogen) atoms. The largest absolute Gasteiger partial charge is 0.348 e. The molecule has 2 unspecified atom stereocenters. The Bertz CT molecular complexity index is 644. The van der Waals surface area contributed by atoms with Gasteiger partial charge in [0.1, 0.15) is 0 Å². The van der Waals surface area contributed by atoms with Gasteiger partial charge < -0.3 is 14.0 Å². The van der Waals surface area contributed by atoms with Crippen molar-refractivity contribution in [3.63, 3.8) is 0 Å². The summed E-state index contributed by atoms with van der Waals surface area (Å²) in [5.41, 5.74) is 1.10. The second-order valence-electron chi connectivity index (χ2n) is 6.78. The molecule has 4 nitrogen and oxygen atoms in total. The molecule has 0 bridgehead atoms. The molecule has 0 spiro atoms. The van der Waals surface area contributed by atoms with Crippen LogP contribution in [0.15, 0.2) is 43.0 Å². The van der Waals surface area contributed by atoms with Crippen molar-refractivity contribution < 1.29 is 9.47 Å². The van der Waals surface area contributed by atoms with Crippen LogP contribution in [0.3, 0.4) is 0 Å². The van der Waals surface area contributed by atoms with E-state index in [-0.39, 0.29) is 5.60 Å². The summed E-state index contributed by atoms with van der Waals surface area (Å²) in [4.78, 5) is 4.14. The Balaban J connectivity index is 1.77. The van der Waals surface area contributed by atoms with Gasteiger partial charge in [0.2, 0.25) is 0 Å². The molecule has 2 aromatic rings. The van der Waals surface area contributed by atoms with E-state index in [1.54, 1.807) is 6.20 Å². The minimum Gasteiger partial charge on any atom is -0.348 e. The predicted octanol–water partition coefficient (Wildman–Crippen LogP) is 4.47. The second kappa shape index (κ2) is 7.26. The van der Waals surface area contributed by atoms with Gasteiger partial charge in [-0.2, -0.15) is 0 Å². The lowest BCUT2D eigenvalue weighted by Gasteiger charge is -2.46. The van der Waals surface area contributed by atoms with E-state index >= 15 is 0 Å². The first-order chi connectivity index (χ1) is 11.5. The maximum atomic E-state index is 6.53. The molecular weight excluding hydrogens is 324 g/mol. The van der Waals surface area contributed by atoms with Crippen molar-refractivity contribution in [2.24, 2.45) is 0 Å². The van der Waals surface area contributed by atoms with Crippen LogP contribution in [-0.2, 0) is 22.4 Å². The number of imidazole rings is 1. The number of ether oxygens (including phenoxy) is 2. The summed E-state index contributed by atoms with van der Waals surface area (Å²) < 4.78 is 14.7. The van der Waals surface area contributed by atoms with E-state index in [0.29, 0.717) is 6.54 Å². The zero-order valence-corrected chi connectivity index (χ0v) is 15.1. The molecule has 0 saturated carbocycles. The fourth-order valence-corrected chi connectivity index (χ4v) is 3.28. The highest BCUT2D eigenvalue weighted by molar-refractivity contribution is 6.30. The highest BCUT2D eigenvalue weighted by Crippen LogP contribution is 2.37. The predicted molar refractivity (Wildman–Crippen MR) is 95.1 cm³/mol. The van der Waals surface area contributed by atoms with E-state index in [4.69, 9.17) is 21.1 Å². The van der Waals surface area contributed by atoms with Crippen LogP contribution in [0, 0.1) is 0 Å². The highest BCUT2D eigenvalue weighted by atomic mass is 35.5. The first-order valence-electron chi connectivity index (χ1n) is 8.57. The summed E-state index contributed by atoms with van der Waals surface area (Å²) >= 11 is 5.98. The Labute approximate surface area is 148 Å². The molecule has 1 aromatic heterocycles. The third kappa shape index (κ3) is 4.18. The lowest BCUT2D eigenvalue weighted by molar-refractivity contribution is -0.332. The average molecular weight is 349 g/mol. The van der Waals surface area contributed by atoms with Crippen molar-refractivity contribution in [3.05, 3.63) is 53.6 Å². The molecule has 2 heterocycles. The molecule has 0 amide bonds. The molecule has 0 aliphatic carbocycles.